The molecule has 0 spiro atoms. The second-order valence-corrected chi connectivity index (χ2v) is 4.33. The van der Waals surface area contributed by atoms with Gasteiger partial charge in [0.2, 0.25) is 5.91 Å². The van der Waals surface area contributed by atoms with E-state index in [1.807, 2.05) is 30.3 Å². The molecule has 0 saturated heterocycles. The Balaban J connectivity index is 1.71. The largest absolute Gasteiger partial charge is 0.490 e. The van der Waals surface area contributed by atoms with Crippen molar-refractivity contribution in [3.05, 3.63) is 61.1 Å². The van der Waals surface area contributed by atoms with Gasteiger partial charge in [-0.3, -0.25) is 4.79 Å². The van der Waals surface area contributed by atoms with Crippen molar-refractivity contribution in [1.29, 1.82) is 0 Å². The van der Waals surface area contributed by atoms with Gasteiger partial charge in [0.05, 0.1) is 19.4 Å². The minimum atomic E-state index is -0.0987. The van der Waals surface area contributed by atoms with Crippen LogP contribution >= 0.6 is 0 Å². The first kappa shape index (κ1) is 14.7. The lowest BCUT2D eigenvalue weighted by Crippen LogP contribution is -2.29. The van der Waals surface area contributed by atoms with Crippen molar-refractivity contribution in [1.82, 2.24) is 5.32 Å². The van der Waals surface area contributed by atoms with Crippen LogP contribution in [0.4, 0.5) is 5.69 Å². The summed E-state index contributed by atoms with van der Waals surface area (Å²) in [6.45, 7) is 4.66. The van der Waals surface area contributed by atoms with E-state index in [1.165, 1.54) is 0 Å². The van der Waals surface area contributed by atoms with E-state index in [0.717, 1.165) is 17.2 Å². The van der Waals surface area contributed by atoms with Crippen molar-refractivity contribution < 1.29 is 13.9 Å². The van der Waals surface area contributed by atoms with Gasteiger partial charge in [0.25, 0.3) is 0 Å². The van der Waals surface area contributed by atoms with E-state index in [9.17, 15) is 4.79 Å². The molecule has 5 nitrogen and oxygen atoms in total. The number of anilines is 1. The zero-order valence-electron chi connectivity index (χ0n) is 11.7. The highest BCUT2D eigenvalue weighted by Crippen LogP contribution is 2.15. The molecule has 0 radical (unpaired) electrons. The first-order chi connectivity index (χ1) is 10.3. The van der Waals surface area contributed by atoms with Crippen LogP contribution in [0.1, 0.15) is 5.76 Å². The molecule has 0 bridgehead atoms. The number of carbonyl (C=O) groups is 1. The topological polar surface area (TPSA) is 63.5 Å². The fourth-order valence-electron chi connectivity index (χ4n) is 1.67. The van der Waals surface area contributed by atoms with Gasteiger partial charge in [-0.15, -0.1) is 0 Å². The summed E-state index contributed by atoms with van der Waals surface area (Å²) in [5.74, 6) is 1.40. The zero-order chi connectivity index (χ0) is 14.9. The number of hydrogen-bond acceptors (Lipinski definition) is 4. The third-order valence-corrected chi connectivity index (χ3v) is 2.72. The number of carbonyl (C=O) groups excluding carboxylic acids is 1. The van der Waals surface area contributed by atoms with Gasteiger partial charge in [-0.25, -0.2) is 0 Å². The highest BCUT2D eigenvalue weighted by atomic mass is 16.5. The smallest absolute Gasteiger partial charge is 0.239 e. The summed E-state index contributed by atoms with van der Waals surface area (Å²) in [6.07, 6.45) is 3.27. The van der Waals surface area contributed by atoms with Crippen molar-refractivity contribution in [3.63, 3.8) is 0 Å². The molecule has 2 N–H and O–H groups in total. The first-order valence-electron chi connectivity index (χ1n) is 6.64. The van der Waals surface area contributed by atoms with E-state index in [0.29, 0.717) is 13.2 Å². The second-order valence-electron chi connectivity index (χ2n) is 4.33. The van der Waals surface area contributed by atoms with Crippen LogP contribution in [0.25, 0.3) is 0 Å². The molecular formula is C16H18N2O3. The van der Waals surface area contributed by atoms with Crippen LogP contribution in [-0.2, 0) is 11.3 Å². The summed E-state index contributed by atoms with van der Waals surface area (Å²) >= 11 is 0. The molecule has 1 heterocycles. The standard InChI is InChI=1S/C16H18N2O3/c1-2-9-20-14-7-5-13(6-8-14)17-12-16(19)18-11-15-4-3-10-21-15/h2-8,10,17H,1,9,11-12H2,(H,18,19). The fourth-order valence-corrected chi connectivity index (χ4v) is 1.67. The highest BCUT2D eigenvalue weighted by molar-refractivity contribution is 5.80. The summed E-state index contributed by atoms with van der Waals surface area (Å²) in [4.78, 5) is 11.7. The van der Waals surface area contributed by atoms with Crippen LogP contribution in [-0.4, -0.2) is 19.1 Å². The molecule has 5 heteroatoms. The Bertz CT molecular complexity index is 562. The van der Waals surface area contributed by atoms with Gasteiger partial charge in [0, 0.05) is 5.69 Å². The van der Waals surface area contributed by atoms with E-state index >= 15 is 0 Å². The molecule has 1 amide bonds. The molecule has 110 valence electrons. The minimum absolute atomic E-state index is 0.0987. The molecule has 0 aliphatic heterocycles. The molecule has 2 aromatic rings. The van der Waals surface area contributed by atoms with Crippen LogP contribution in [0, 0.1) is 0 Å². The number of amides is 1. The lowest BCUT2D eigenvalue weighted by atomic mass is 10.3. The summed E-state index contributed by atoms with van der Waals surface area (Å²) in [7, 11) is 0. The maximum absolute atomic E-state index is 11.7. The molecule has 1 aromatic heterocycles. The molecule has 2 rings (SSSR count). The summed E-state index contributed by atoms with van der Waals surface area (Å²) in [5, 5.41) is 5.80. The molecular weight excluding hydrogens is 268 g/mol. The Kier molecular flexibility index (Phi) is 5.46. The molecule has 0 atom stereocenters. The average molecular weight is 286 g/mol. The van der Waals surface area contributed by atoms with Crippen LogP contribution in [0.15, 0.2) is 59.7 Å². The van der Waals surface area contributed by atoms with E-state index < -0.39 is 0 Å². The number of hydrogen-bond donors (Lipinski definition) is 2. The number of nitrogens with one attached hydrogen (secondary N) is 2. The van der Waals surface area contributed by atoms with Gasteiger partial charge in [-0.05, 0) is 36.4 Å². The zero-order valence-corrected chi connectivity index (χ0v) is 11.7. The maximum atomic E-state index is 11.7. The molecule has 0 unspecified atom stereocenters. The van der Waals surface area contributed by atoms with Crippen LogP contribution < -0.4 is 15.4 Å². The number of furan rings is 1. The summed E-state index contributed by atoms with van der Waals surface area (Å²) < 4.78 is 10.5. The number of rotatable bonds is 8. The van der Waals surface area contributed by atoms with Gasteiger partial charge in [0.15, 0.2) is 0 Å². The van der Waals surface area contributed by atoms with Gasteiger partial charge in [-0.2, -0.15) is 0 Å². The predicted molar refractivity (Wildman–Crippen MR) is 81.2 cm³/mol. The molecule has 1 aromatic carbocycles. The van der Waals surface area contributed by atoms with Crippen molar-refractivity contribution in [3.8, 4) is 5.75 Å². The number of benzene rings is 1. The third-order valence-electron chi connectivity index (χ3n) is 2.72. The lowest BCUT2D eigenvalue weighted by molar-refractivity contribution is -0.119. The Morgan fingerprint density at radius 3 is 2.76 bits per heavy atom. The first-order valence-corrected chi connectivity index (χ1v) is 6.64. The van der Waals surface area contributed by atoms with Crippen molar-refractivity contribution in [2.75, 3.05) is 18.5 Å². The Labute approximate surface area is 123 Å². The Hall–Kier alpha value is -2.69. The normalized spacial score (nSPS) is 9.90. The van der Waals surface area contributed by atoms with Gasteiger partial charge in [0.1, 0.15) is 18.1 Å². The predicted octanol–water partition coefficient (Wildman–Crippen LogP) is 2.57. The maximum Gasteiger partial charge on any atom is 0.239 e. The fraction of sp³-hybridized carbons (Fsp3) is 0.188. The van der Waals surface area contributed by atoms with E-state index in [4.69, 9.17) is 9.15 Å². The van der Waals surface area contributed by atoms with Crippen LogP contribution in [0.3, 0.4) is 0 Å². The van der Waals surface area contributed by atoms with Gasteiger partial charge in [-0.1, -0.05) is 12.7 Å². The SMILES string of the molecule is C=CCOc1ccc(NCC(=O)NCc2ccco2)cc1. The quantitative estimate of drug-likeness (QED) is 0.732. The van der Waals surface area contributed by atoms with Crippen molar-refractivity contribution >= 4 is 11.6 Å². The lowest BCUT2D eigenvalue weighted by Gasteiger charge is -2.08. The summed E-state index contributed by atoms with van der Waals surface area (Å²) in [6, 6.07) is 11.0. The molecule has 0 aliphatic carbocycles. The average Bonchev–Trinajstić information content (AvgIpc) is 3.03. The molecule has 0 saturated carbocycles. The van der Waals surface area contributed by atoms with Gasteiger partial charge >= 0.3 is 0 Å². The van der Waals surface area contributed by atoms with Crippen LogP contribution in [0.5, 0.6) is 5.75 Å². The van der Waals surface area contributed by atoms with Crippen LogP contribution in [0.2, 0.25) is 0 Å². The van der Waals surface area contributed by atoms with E-state index in [2.05, 4.69) is 17.2 Å². The molecule has 0 fully saturated rings. The second kappa shape index (κ2) is 7.79. The Morgan fingerprint density at radius 2 is 2.10 bits per heavy atom. The molecule has 0 aliphatic rings. The third kappa shape index (κ3) is 5.06. The highest BCUT2D eigenvalue weighted by Gasteiger charge is 2.02. The van der Waals surface area contributed by atoms with Crippen molar-refractivity contribution in [2.24, 2.45) is 0 Å². The monoisotopic (exact) mass is 286 g/mol. The molecule has 21 heavy (non-hydrogen) atoms. The van der Waals surface area contributed by atoms with E-state index in [-0.39, 0.29) is 12.5 Å². The Morgan fingerprint density at radius 1 is 1.29 bits per heavy atom. The summed E-state index contributed by atoms with van der Waals surface area (Å²) in [5.41, 5.74) is 0.856. The van der Waals surface area contributed by atoms with Gasteiger partial charge < -0.3 is 19.8 Å². The van der Waals surface area contributed by atoms with E-state index in [1.54, 1.807) is 18.4 Å². The number of ether oxygens (including phenoxy) is 1. The minimum Gasteiger partial charge on any atom is -0.490 e. The van der Waals surface area contributed by atoms with Crippen molar-refractivity contribution in [2.45, 2.75) is 6.54 Å².